The van der Waals surface area contributed by atoms with Crippen molar-refractivity contribution in [2.75, 3.05) is 20.6 Å². The Morgan fingerprint density at radius 2 is 1.64 bits per heavy atom. The van der Waals surface area contributed by atoms with Gasteiger partial charge in [0, 0.05) is 19.1 Å². The molecule has 3 heteroatoms. The number of nitrogens with zero attached hydrogens (tertiary/aromatic N) is 1. The standard InChI is InChI=1S/C22H31FN2/c1-22(2,3)14-20(16-25(4)5)24-15-18-8-6-7-9-21(18)17-10-12-19(23)13-11-17/h6-13,20,24H,14-16H2,1-5H3/t20-/m0/s1. The van der Waals surface area contributed by atoms with Crippen LogP contribution in [0.4, 0.5) is 4.39 Å². The summed E-state index contributed by atoms with van der Waals surface area (Å²) in [5.74, 6) is -0.199. The first-order valence-electron chi connectivity index (χ1n) is 8.96. The number of hydrogen-bond acceptors (Lipinski definition) is 2. The van der Waals surface area contributed by atoms with Crippen molar-refractivity contribution >= 4 is 0 Å². The van der Waals surface area contributed by atoms with Gasteiger partial charge in [-0.3, -0.25) is 0 Å². The number of hydrogen-bond donors (Lipinski definition) is 1. The average Bonchev–Trinajstić information content (AvgIpc) is 2.52. The lowest BCUT2D eigenvalue weighted by Gasteiger charge is -2.29. The lowest BCUT2D eigenvalue weighted by Crippen LogP contribution is -2.40. The van der Waals surface area contributed by atoms with Gasteiger partial charge in [-0.25, -0.2) is 4.39 Å². The van der Waals surface area contributed by atoms with Crippen LogP contribution >= 0.6 is 0 Å². The van der Waals surface area contributed by atoms with Gasteiger partial charge >= 0.3 is 0 Å². The van der Waals surface area contributed by atoms with Crippen molar-refractivity contribution in [3.05, 3.63) is 59.9 Å². The molecule has 25 heavy (non-hydrogen) atoms. The minimum atomic E-state index is -0.199. The third kappa shape index (κ3) is 6.60. The highest BCUT2D eigenvalue weighted by atomic mass is 19.1. The maximum absolute atomic E-state index is 13.2. The van der Waals surface area contributed by atoms with E-state index in [4.69, 9.17) is 0 Å². The molecule has 0 aliphatic rings. The molecular formula is C22H31FN2. The van der Waals surface area contributed by atoms with Gasteiger partial charge in [-0.1, -0.05) is 57.2 Å². The highest BCUT2D eigenvalue weighted by Gasteiger charge is 2.19. The Kier molecular flexibility index (Phi) is 6.74. The smallest absolute Gasteiger partial charge is 0.123 e. The molecule has 2 aromatic rings. The molecule has 0 heterocycles. The fourth-order valence-corrected chi connectivity index (χ4v) is 3.22. The van der Waals surface area contributed by atoms with E-state index in [2.05, 4.69) is 63.3 Å². The van der Waals surface area contributed by atoms with Crippen LogP contribution in [0.2, 0.25) is 0 Å². The van der Waals surface area contributed by atoms with Gasteiger partial charge < -0.3 is 10.2 Å². The van der Waals surface area contributed by atoms with Gasteiger partial charge in [0.2, 0.25) is 0 Å². The molecular weight excluding hydrogens is 311 g/mol. The van der Waals surface area contributed by atoms with E-state index >= 15 is 0 Å². The molecule has 1 N–H and O–H groups in total. The van der Waals surface area contributed by atoms with E-state index in [9.17, 15) is 4.39 Å². The minimum Gasteiger partial charge on any atom is -0.309 e. The lowest BCUT2D eigenvalue weighted by molar-refractivity contribution is 0.256. The van der Waals surface area contributed by atoms with E-state index in [0.29, 0.717) is 6.04 Å². The minimum absolute atomic E-state index is 0.199. The topological polar surface area (TPSA) is 15.3 Å². The normalized spacial score (nSPS) is 13.2. The van der Waals surface area contributed by atoms with E-state index < -0.39 is 0 Å². The molecule has 0 amide bonds. The first-order chi connectivity index (χ1) is 11.7. The molecule has 0 aliphatic carbocycles. The van der Waals surface area contributed by atoms with E-state index in [1.807, 2.05) is 18.2 Å². The van der Waals surface area contributed by atoms with Gasteiger partial charge in [0.25, 0.3) is 0 Å². The Bertz CT molecular complexity index is 656. The van der Waals surface area contributed by atoms with Crippen LogP contribution in [0.1, 0.15) is 32.8 Å². The number of nitrogens with one attached hydrogen (secondary N) is 1. The third-order valence-corrected chi connectivity index (χ3v) is 4.20. The van der Waals surface area contributed by atoms with E-state index in [1.165, 1.54) is 17.7 Å². The molecule has 2 aromatic carbocycles. The molecule has 0 spiro atoms. The van der Waals surface area contributed by atoms with Gasteiger partial charge in [-0.05, 0) is 54.8 Å². The van der Waals surface area contributed by atoms with Crippen molar-refractivity contribution in [3.8, 4) is 11.1 Å². The second-order valence-electron chi connectivity index (χ2n) is 8.27. The molecule has 0 saturated carbocycles. The Morgan fingerprint density at radius 1 is 1.00 bits per heavy atom. The monoisotopic (exact) mass is 342 g/mol. The summed E-state index contributed by atoms with van der Waals surface area (Å²) in [6, 6.07) is 15.5. The first-order valence-corrected chi connectivity index (χ1v) is 8.96. The van der Waals surface area contributed by atoms with Crippen molar-refractivity contribution in [2.24, 2.45) is 5.41 Å². The average molecular weight is 343 g/mol. The summed E-state index contributed by atoms with van der Waals surface area (Å²) in [4.78, 5) is 2.23. The SMILES string of the molecule is CN(C)C[C@H](CC(C)(C)C)NCc1ccccc1-c1ccc(F)cc1. The molecule has 0 bridgehead atoms. The van der Waals surface area contributed by atoms with Crippen LogP contribution in [0.25, 0.3) is 11.1 Å². The lowest BCUT2D eigenvalue weighted by atomic mass is 9.87. The number of benzene rings is 2. The number of likely N-dealkylation sites (N-methyl/N-ethyl adjacent to an activating group) is 1. The highest BCUT2D eigenvalue weighted by Crippen LogP contribution is 2.25. The van der Waals surface area contributed by atoms with Crippen LogP contribution in [-0.2, 0) is 6.54 Å². The predicted octanol–water partition coefficient (Wildman–Crippen LogP) is 4.95. The van der Waals surface area contributed by atoms with Gasteiger partial charge in [0.1, 0.15) is 5.82 Å². The molecule has 0 aromatic heterocycles. The number of rotatable bonds is 7. The van der Waals surface area contributed by atoms with Gasteiger partial charge in [0.15, 0.2) is 0 Å². The van der Waals surface area contributed by atoms with Crippen LogP contribution in [0, 0.1) is 11.2 Å². The molecule has 136 valence electrons. The second kappa shape index (κ2) is 8.59. The molecule has 0 unspecified atom stereocenters. The highest BCUT2D eigenvalue weighted by molar-refractivity contribution is 5.67. The maximum Gasteiger partial charge on any atom is 0.123 e. The zero-order chi connectivity index (χ0) is 18.4. The Morgan fingerprint density at radius 3 is 2.24 bits per heavy atom. The summed E-state index contributed by atoms with van der Waals surface area (Å²) in [6.45, 7) is 8.66. The van der Waals surface area contributed by atoms with Gasteiger partial charge in [-0.2, -0.15) is 0 Å². The second-order valence-corrected chi connectivity index (χ2v) is 8.27. The summed E-state index contributed by atoms with van der Waals surface area (Å²) in [7, 11) is 4.23. The molecule has 0 saturated heterocycles. The van der Waals surface area contributed by atoms with Crippen molar-refractivity contribution in [2.45, 2.75) is 39.8 Å². The summed E-state index contributed by atoms with van der Waals surface area (Å²) in [6.07, 6.45) is 1.11. The largest absolute Gasteiger partial charge is 0.309 e. The summed E-state index contributed by atoms with van der Waals surface area (Å²) in [5.41, 5.74) is 3.74. The van der Waals surface area contributed by atoms with Gasteiger partial charge in [-0.15, -0.1) is 0 Å². The Hall–Kier alpha value is -1.71. The fourth-order valence-electron chi connectivity index (χ4n) is 3.22. The first kappa shape index (κ1) is 19.6. The van der Waals surface area contributed by atoms with E-state index in [0.717, 1.165) is 30.6 Å². The molecule has 2 rings (SSSR count). The predicted molar refractivity (Wildman–Crippen MR) is 105 cm³/mol. The summed E-state index contributed by atoms with van der Waals surface area (Å²) >= 11 is 0. The van der Waals surface area contributed by atoms with Crippen LogP contribution in [-0.4, -0.2) is 31.6 Å². The van der Waals surface area contributed by atoms with E-state index in [1.54, 1.807) is 0 Å². The molecule has 2 nitrogen and oxygen atoms in total. The van der Waals surface area contributed by atoms with Gasteiger partial charge in [0.05, 0.1) is 0 Å². The van der Waals surface area contributed by atoms with Crippen LogP contribution in [0.5, 0.6) is 0 Å². The zero-order valence-electron chi connectivity index (χ0n) is 16.1. The van der Waals surface area contributed by atoms with Crippen molar-refractivity contribution in [1.29, 1.82) is 0 Å². The van der Waals surface area contributed by atoms with Crippen molar-refractivity contribution < 1.29 is 4.39 Å². The quantitative estimate of drug-likeness (QED) is 0.766. The van der Waals surface area contributed by atoms with Crippen LogP contribution in [0.15, 0.2) is 48.5 Å². The summed E-state index contributed by atoms with van der Waals surface area (Å²) in [5, 5.41) is 3.73. The number of halogens is 1. The Labute approximate surface area is 152 Å². The molecule has 0 radical (unpaired) electrons. The fraction of sp³-hybridized carbons (Fsp3) is 0.455. The third-order valence-electron chi connectivity index (χ3n) is 4.20. The zero-order valence-corrected chi connectivity index (χ0v) is 16.1. The Balaban J connectivity index is 2.14. The summed E-state index contributed by atoms with van der Waals surface area (Å²) < 4.78 is 13.2. The maximum atomic E-state index is 13.2. The molecule has 0 fully saturated rings. The van der Waals surface area contributed by atoms with Crippen LogP contribution < -0.4 is 5.32 Å². The van der Waals surface area contributed by atoms with Crippen LogP contribution in [0.3, 0.4) is 0 Å². The molecule has 0 aliphatic heterocycles. The van der Waals surface area contributed by atoms with Crippen molar-refractivity contribution in [1.82, 2.24) is 10.2 Å². The van der Waals surface area contributed by atoms with Crippen molar-refractivity contribution in [3.63, 3.8) is 0 Å². The van der Waals surface area contributed by atoms with E-state index in [-0.39, 0.29) is 11.2 Å². The molecule has 1 atom stereocenters.